The van der Waals surface area contributed by atoms with Crippen LogP contribution in [-0.2, 0) is 0 Å². The molecule has 0 radical (unpaired) electrons. The molecule has 0 aliphatic heterocycles. The summed E-state index contributed by atoms with van der Waals surface area (Å²) >= 11 is 8.85. The highest BCUT2D eigenvalue weighted by Gasteiger charge is 2.11. The van der Waals surface area contributed by atoms with Crippen LogP contribution in [0.15, 0.2) is 34.8 Å². The second-order valence-corrected chi connectivity index (χ2v) is 4.93. The Morgan fingerprint density at radius 1 is 1.26 bits per heavy atom. The summed E-state index contributed by atoms with van der Waals surface area (Å²) in [5.41, 5.74) is 6.29. The molecule has 96 valence electrons. The van der Waals surface area contributed by atoms with Gasteiger partial charge in [-0.2, -0.15) is 5.26 Å². The fourth-order valence-corrected chi connectivity index (χ4v) is 2.14. The highest BCUT2D eigenvalue weighted by molar-refractivity contribution is 9.10. The largest absolute Gasteiger partial charge is 0.455 e. The van der Waals surface area contributed by atoms with E-state index in [-0.39, 0.29) is 16.3 Å². The van der Waals surface area contributed by atoms with Gasteiger partial charge in [0.2, 0.25) is 0 Å². The van der Waals surface area contributed by atoms with Crippen LogP contribution in [0.4, 0.5) is 10.1 Å². The van der Waals surface area contributed by atoms with Crippen LogP contribution < -0.4 is 10.5 Å². The first-order valence-corrected chi connectivity index (χ1v) is 6.30. The molecule has 3 nitrogen and oxygen atoms in total. The Morgan fingerprint density at radius 3 is 2.68 bits per heavy atom. The third kappa shape index (κ3) is 2.98. The standard InChI is InChI=1S/C13H7BrClFN2O/c14-9-4-10(15)11(16)5-13(9)19-12-2-1-8(18)3-7(12)6-17/h1-5H,18H2. The Labute approximate surface area is 122 Å². The van der Waals surface area contributed by atoms with Gasteiger partial charge in [0.25, 0.3) is 0 Å². The van der Waals surface area contributed by atoms with Crippen molar-refractivity contribution in [2.24, 2.45) is 0 Å². The van der Waals surface area contributed by atoms with E-state index in [2.05, 4.69) is 15.9 Å². The van der Waals surface area contributed by atoms with Crippen LogP contribution in [0.25, 0.3) is 0 Å². The van der Waals surface area contributed by atoms with E-state index in [1.54, 1.807) is 12.1 Å². The number of benzene rings is 2. The summed E-state index contributed by atoms with van der Waals surface area (Å²) in [6.07, 6.45) is 0. The Balaban J connectivity index is 2.42. The molecule has 6 heteroatoms. The van der Waals surface area contributed by atoms with Gasteiger partial charge >= 0.3 is 0 Å². The number of nitrogens with two attached hydrogens (primary N) is 1. The average Bonchev–Trinajstić information content (AvgIpc) is 2.37. The molecule has 2 rings (SSSR count). The first kappa shape index (κ1) is 13.7. The van der Waals surface area contributed by atoms with Crippen LogP contribution >= 0.6 is 27.5 Å². The zero-order chi connectivity index (χ0) is 14.0. The van der Waals surface area contributed by atoms with Crippen molar-refractivity contribution in [1.29, 1.82) is 5.26 Å². The fraction of sp³-hybridized carbons (Fsp3) is 0. The molecule has 0 aliphatic carbocycles. The topological polar surface area (TPSA) is 59.0 Å². The van der Waals surface area contributed by atoms with E-state index in [0.29, 0.717) is 15.9 Å². The molecule has 2 aromatic carbocycles. The minimum Gasteiger partial charge on any atom is -0.455 e. The van der Waals surface area contributed by atoms with Gasteiger partial charge in [-0.15, -0.1) is 0 Å². The summed E-state index contributed by atoms with van der Waals surface area (Å²) < 4.78 is 19.4. The van der Waals surface area contributed by atoms with Gasteiger partial charge in [0, 0.05) is 11.8 Å². The van der Waals surface area contributed by atoms with Crippen LogP contribution in [0.3, 0.4) is 0 Å². The smallest absolute Gasteiger partial charge is 0.145 e. The molecule has 0 unspecified atom stereocenters. The Morgan fingerprint density at radius 2 is 2.00 bits per heavy atom. The molecule has 0 atom stereocenters. The van der Waals surface area contributed by atoms with Crippen molar-refractivity contribution in [3.63, 3.8) is 0 Å². The van der Waals surface area contributed by atoms with E-state index in [0.717, 1.165) is 6.07 Å². The summed E-state index contributed by atoms with van der Waals surface area (Å²) in [6, 6.07) is 9.11. The number of anilines is 1. The lowest BCUT2D eigenvalue weighted by atomic mass is 10.2. The molecule has 0 fully saturated rings. The zero-order valence-electron chi connectivity index (χ0n) is 9.45. The zero-order valence-corrected chi connectivity index (χ0v) is 11.8. The minimum atomic E-state index is -0.603. The monoisotopic (exact) mass is 340 g/mol. The van der Waals surface area contributed by atoms with Crippen molar-refractivity contribution in [3.8, 4) is 17.6 Å². The SMILES string of the molecule is N#Cc1cc(N)ccc1Oc1cc(F)c(Cl)cc1Br. The van der Waals surface area contributed by atoms with Crippen molar-refractivity contribution in [2.45, 2.75) is 0 Å². The molecule has 2 aromatic rings. The average molecular weight is 342 g/mol. The number of nitriles is 1. The Bertz CT molecular complexity index is 685. The van der Waals surface area contributed by atoms with Crippen molar-refractivity contribution in [2.75, 3.05) is 5.73 Å². The second-order valence-electron chi connectivity index (χ2n) is 3.67. The molecule has 0 aromatic heterocycles. The van der Waals surface area contributed by atoms with Crippen LogP contribution in [0, 0.1) is 17.1 Å². The van der Waals surface area contributed by atoms with E-state index < -0.39 is 5.82 Å². The van der Waals surface area contributed by atoms with Crippen molar-refractivity contribution < 1.29 is 9.13 Å². The summed E-state index contributed by atoms with van der Waals surface area (Å²) in [6.45, 7) is 0. The molecule has 0 aliphatic rings. The number of hydrogen-bond acceptors (Lipinski definition) is 3. The third-order valence-corrected chi connectivity index (χ3v) is 3.23. The third-order valence-electron chi connectivity index (χ3n) is 2.32. The number of hydrogen-bond donors (Lipinski definition) is 1. The minimum absolute atomic E-state index is 0.0166. The van der Waals surface area contributed by atoms with E-state index in [1.807, 2.05) is 6.07 Å². The van der Waals surface area contributed by atoms with Gasteiger partial charge in [0.05, 0.1) is 15.1 Å². The normalized spacial score (nSPS) is 10.0. The molecular weight excluding hydrogens is 335 g/mol. The van der Waals surface area contributed by atoms with E-state index >= 15 is 0 Å². The first-order chi connectivity index (χ1) is 9.01. The second kappa shape index (κ2) is 5.47. The first-order valence-electron chi connectivity index (χ1n) is 5.13. The van der Waals surface area contributed by atoms with Gasteiger partial charge in [0.15, 0.2) is 0 Å². The number of nitrogen functional groups attached to an aromatic ring is 1. The molecule has 0 heterocycles. The summed E-state index contributed by atoms with van der Waals surface area (Å²) in [7, 11) is 0. The van der Waals surface area contributed by atoms with E-state index in [4.69, 9.17) is 27.3 Å². The number of nitrogens with zero attached hydrogens (tertiary/aromatic N) is 1. The summed E-state index contributed by atoms with van der Waals surface area (Å²) in [5.74, 6) is -0.0869. The quantitative estimate of drug-likeness (QED) is 0.647. The van der Waals surface area contributed by atoms with Crippen LogP contribution in [0.2, 0.25) is 5.02 Å². The van der Waals surface area contributed by atoms with E-state index in [1.165, 1.54) is 12.1 Å². The predicted octanol–water partition coefficient (Wildman–Crippen LogP) is 4.49. The number of ether oxygens (including phenoxy) is 1. The lowest BCUT2D eigenvalue weighted by Gasteiger charge is -2.10. The maximum Gasteiger partial charge on any atom is 0.145 e. The lowest BCUT2D eigenvalue weighted by Crippen LogP contribution is -1.93. The molecule has 0 spiro atoms. The highest BCUT2D eigenvalue weighted by Crippen LogP contribution is 2.35. The molecule has 2 N–H and O–H groups in total. The highest BCUT2D eigenvalue weighted by atomic mass is 79.9. The van der Waals surface area contributed by atoms with Gasteiger partial charge < -0.3 is 10.5 Å². The van der Waals surface area contributed by atoms with Crippen LogP contribution in [-0.4, -0.2) is 0 Å². The number of rotatable bonds is 2. The predicted molar refractivity (Wildman–Crippen MR) is 74.8 cm³/mol. The summed E-state index contributed by atoms with van der Waals surface area (Å²) in [5, 5.41) is 8.98. The van der Waals surface area contributed by atoms with Crippen molar-refractivity contribution in [3.05, 3.63) is 51.2 Å². The fourth-order valence-electron chi connectivity index (χ4n) is 1.42. The van der Waals surface area contributed by atoms with Gasteiger partial charge in [-0.3, -0.25) is 0 Å². The molecule has 19 heavy (non-hydrogen) atoms. The van der Waals surface area contributed by atoms with Crippen LogP contribution in [0.1, 0.15) is 5.56 Å². The number of halogens is 3. The molecule has 0 amide bonds. The van der Waals surface area contributed by atoms with Gasteiger partial charge in [-0.1, -0.05) is 11.6 Å². The molecular formula is C13H7BrClFN2O. The van der Waals surface area contributed by atoms with E-state index in [9.17, 15) is 4.39 Å². The summed E-state index contributed by atoms with van der Waals surface area (Å²) in [4.78, 5) is 0. The molecule has 0 saturated heterocycles. The maximum absolute atomic E-state index is 13.4. The van der Waals surface area contributed by atoms with Gasteiger partial charge in [-0.25, -0.2) is 4.39 Å². The Kier molecular flexibility index (Phi) is 3.93. The van der Waals surface area contributed by atoms with Crippen molar-refractivity contribution >= 4 is 33.2 Å². The lowest BCUT2D eigenvalue weighted by molar-refractivity contribution is 0.472. The van der Waals surface area contributed by atoms with Crippen LogP contribution in [0.5, 0.6) is 11.5 Å². The molecule has 0 bridgehead atoms. The maximum atomic E-state index is 13.4. The Hall–Kier alpha value is -1.77. The van der Waals surface area contributed by atoms with Gasteiger partial charge in [0.1, 0.15) is 23.4 Å². The van der Waals surface area contributed by atoms with Crippen molar-refractivity contribution in [1.82, 2.24) is 0 Å². The van der Waals surface area contributed by atoms with Gasteiger partial charge in [-0.05, 0) is 40.2 Å². The molecule has 0 saturated carbocycles.